The van der Waals surface area contributed by atoms with Crippen molar-refractivity contribution in [3.05, 3.63) is 66.7 Å². The summed E-state index contributed by atoms with van der Waals surface area (Å²) in [5.74, 6) is -0.383. The minimum atomic E-state index is -0.643. The lowest BCUT2D eigenvalue weighted by molar-refractivity contribution is 0.598. The van der Waals surface area contributed by atoms with Gasteiger partial charge in [0.2, 0.25) is 0 Å². The SMILES string of the molecule is NC(c1ccc(Br)cc1F)c1cc2[nH]c(=O)[nH]c2cc1Br. The summed E-state index contributed by atoms with van der Waals surface area (Å²) in [4.78, 5) is 16.6. The first kappa shape index (κ1) is 14.5. The lowest BCUT2D eigenvalue weighted by Crippen LogP contribution is -2.14. The molecule has 1 unspecified atom stereocenters. The topological polar surface area (TPSA) is 74.7 Å². The van der Waals surface area contributed by atoms with Crippen LogP contribution in [0.25, 0.3) is 11.0 Å². The first-order valence-electron chi connectivity index (χ1n) is 6.07. The number of hydrogen-bond acceptors (Lipinski definition) is 2. The number of nitrogens with two attached hydrogens (primary N) is 1. The molecule has 0 saturated heterocycles. The minimum Gasteiger partial charge on any atom is -0.320 e. The summed E-state index contributed by atoms with van der Waals surface area (Å²) in [7, 11) is 0. The van der Waals surface area contributed by atoms with Crippen LogP contribution in [0.15, 0.2) is 44.1 Å². The molecule has 7 heteroatoms. The number of nitrogens with one attached hydrogen (secondary N) is 2. The van der Waals surface area contributed by atoms with Gasteiger partial charge in [-0.1, -0.05) is 37.9 Å². The summed E-state index contributed by atoms with van der Waals surface area (Å²) in [6.07, 6.45) is 0. The van der Waals surface area contributed by atoms with E-state index in [-0.39, 0.29) is 11.5 Å². The maximum absolute atomic E-state index is 14.0. The lowest BCUT2D eigenvalue weighted by Gasteiger charge is -2.15. The van der Waals surface area contributed by atoms with E-state index in [0.29, 0.717) is 31.1 Å². The molecule has 0 aliphatic rings. The fraction of sp³-hybridized carbons (Fsp3) is 0.0714. The molecular weight excluding hydrogens is 405 g/mol. The van der Waals surface area contributed by atoms with Crippen LogP contribution >= 0.6 is 31.9 Å². The van der Waals surface area contributed by atoms with Gasteiger partial charge < -0.3 is 15.7 Å². The fourth-order valence-electron chi connectivity index (χ4n) is 2.23. The van der Waals surface area contributed by atoms with Crippen LogP contribution in [-0.4, -0.2) is 9.97 Å². The third-order valence-electron chi connectivity index (χ3n) is 3.27. The maximum atomic E-state index is 14.0. The van der Waals surface area contributed by atoms with Gasteiger partial charge in [0, 0.05) is 14.5 Å². The smallest absolute Gasteiger partial charge is 0.320 e. The number of imidazole rings is 1. The quantitative estimate of drug-likeness (QED) is 0.599. The normalized spacial score (nSPS) is 12.8. The van der Waals surface area contributed by atoms with E-state index in [1.807, 2.05) is 0 Å². The van der Waals surface area contributed by atoms with Crippen LogP contribution in [-0.2, 0) is 0 Å². The van der Waals surface area contributed by atoms with Gasteiger partial charge in [0.1, 0.15) is 5.82 Å². The van der Waals surface area contributed by atoms with E-state index in [1.54, 1.807) is 24.3 Å². The van der Waals surface area contributed by atoms with E-state index >= 15 is 0 Å². The zero-order chi connectivity index (χ0) is 15.1. The number of rotatable bonds is 2. The van der Waals surface area contributed by atoms with E-state index in [4.69, 9.17) is 5.73 Å². The Hall–Kier alpha value is -1.44. The molecule has 0 aliphatic heterocycles. The summed E-state index contributed by atoms with van der Waals surface area (Å²) in [6.45, 7) is 0. The van der Waals surface area contributed by atoms with Gasteiger partial charge in [-0.2, -0.15) is 0 Å². The second-order valence-electron chi connectivity index (χ2n) is 4.64. The third kappa shape index (κ3) is 2.68. The molecular formula is C14H10Br2FN3O. The Labute approximate surface area is 135 Å². The predicted molar refractivity (Wildman–Crippen MR) is 86.7 cm³/mol. The Balaban J connectivity index is 2.14. The van der Waals surface area contributed by atoms with Gasteiger partial charge in [0.25, 0.3) is 0 Å². The molecule has 0 fully saturated rings. The van der Waals surface area contributed by atoms with Crippen molar-refractivity contribution in [1.82, 2.24) is 9.97 Å². The highest BCUT2D eigenvalue weighted by molar-refractivity contribution is 9.10. The van der Waals surface area contributed by atoms with E-state index in [1.165, 1.54) is 6.07 Å². The van der Waals surface area contributed by atoms with E-state index in [2.05, 4.69) is 41.8 Å². The first-order chi connectivity index (χ1) is 9.95. The lowest BCUT2D eigenvalue weighted by atomic mass is 9.99. The molecule has 1 atom stereocenters. The van der Waals surface area contributed by atoms with Crippen molar-refractivity contribution < 1.29 is 4.39 Å². The molecule has 0 amide bonds. The van der Waals surface area contributed by atoms with Gasteiger partial charge in [-0.15, -0.1) is 0 Å². The Kier molecular flexibility index (Phi) is 3.73. The highest BCUT2D eigenvalue weighted by Gasteiger charge is 2.17. The largest absolute Gasteiger partial charge is 0.323 e. The number of aromatic amines is 2. The van der Waals surface area contributed by atoms with Crippen molar-refractivity contribution in [2.45, 2.75) is 6.04 Å². The average Bonchev–Trinajstić information content (AvgIpc) is 2.76. The van der Waals surface area contributed by atoms with Crippen molar-refractivity contribution in [2.75, 3.05) is 0 Å². The highest BCUT2D eigenvalue weighted by Crippen LogP contribution is 2.31. The third-order valence-corrected chi connectivity index (χ3v) is 4.45. The predicted octanol–water partition coefficient (Wildman–Crippen LogP) is 3.57. The monoisotopic (exact) mass is 413 g/mol. The van der Waals surface area contributed by atoms with Crippen molar-refractivity contribution in [1.29, 1.82) is 0 Å². The molecule has 0 radical (unpaired) electrons. The van der Waals surface area contributed by atoms with Crippen molar-refractivity contribution in [3.63, 3.8) is 0 Å². The van der Waals surface area contributed by atoms with Crippen LogP contribution in [0.3, 0.4) is 0 Å². The molecule has 21 heavy (non-hydrogen) atoms. The number of hydrogen-bond donors (Lipinski definition) is 3. The molecule has 0 saturated carbocycles. The van der Waals surface area contributed by atoms with Gasteiger partial charge >= 0.3 is 5.69 Å². The van der Waals surface area contributed by atoms with Crippen LogP contribution in [0.5, 0.6) is 0 Å². The molecule has 3 aromatic rings. The van der Waals surface area contributed by atoms with Gasteiger partial charge in [-0.3, -0.25) is 0 Å². The number of benzene rings is 2. The Bertz CT molecular complexity index is 888. The summed E-state index contributed by atoms with van der Waals surface area (Å²) >= 11 is 6.63. The number of fused-ring (bicyclic) bond motifs is 1. The molecule has 3 rings (SSSR count). The summed E-state index contributed by atoms with van der Waals surface area (Å²) in [6, 6.07) is 7.60. The van der Waals surface area contributed by atoms with Gasteiger partial charge in [-0.05, 0) is 29.8 Å². The second-order valence-corrected chi connectivity index (χ2v) is 6.41. The summed E-state index contributed by atoms with van der Waals surface area (Å²) in [5.41, 5.74) is 8.26. The average molecular weight is 415 g/mol. The molecule has 0 spiro atoms. The Morgan fingerprint density at radius 3 is 2.38 bits per heavy atom. The molecule has 0 bridgehead atoms. The molecule has 4 N–H and O–H groups in total. The Morgan fingerprint density at radius 1 is 1.05 bits per heavy atom. The number of halogens is 3. The van der Waals surface area contributed by atoms with Crippen LogP contribution in [0.1, 0.15) is 17.2 Å². The van der Waals surface area contributed by atoms with Crippen LogP contribution in [0.4, 0.5) is 4.39 Å². The first-order valence-corrected chi connectivity index (χ1v) is 7.66. The zero-order valence-corrected chi connectivity index (χ0v) is 13.8. The molecule has 4 nitrogen and oxygen atoms in total. The molecule has 1 heterocycles. The standard InChI is InChI=1S/C14H10Br2FN3O/c15-6-1-2-7(10(17)3-6)13(18)8-4-11-12(5-9(8)16)20-14(21)19-11/h1-5,13H,18H2,(H2,19,20,21). The zero-order valence-electron chi connectivity index (χ0n) is 10.6. The van der Waals surface area contributed by atoms with Crippen molar-refractivity contribution >= 4 is 42.9 Å². The van der Waals surface area contributed by atoms with Gasteiger partial charge in [-0.25, -0.2) is 9.18 Å². The second kappa shape index (κ2) is 5.40. The summed E-state index contributed by atoms with van der Waals surface area (Å²) in [5, 5.41) is 0. The number of H-pyrrole nitrogens is 2. The molecule has 0 aliphatic carbocycles. The van der Waals surface area contributed by atoms with Crippen LogP contribution in [0, 0.1) is 5.82 Å². The van der Waals surface area contributed by atoms with E-state index in [9.17, 15) is 9.18 Å². The molecule has 2 aromatic carbocycles. The van der Waals surface area contributed by atoms with Gasteiger partial charge in [0.15, 0.2) is 0 Å². The molecule has 1 aromatic heterocycles. The van der Waals surface area contributed by atoms with E-state index in [0.717, 1.165) is 0 Å². The Morgan fingerprint density at radius 2 is 1.71 bits per heavy atom. The summed E-state index contributed by atoms with van der Waals surface area (Å²) < 4.78 is 15.4. The minimum absolute atomic E-state index is 0.294. The van der Waals surface area contributed by atoms with Crippen molar-refractivity contribution in [2.24, 2.45) is 5.73 Å². The fourth-order valence-corrected chi connectivity index (χ4v) is 3.16. The van der Waals surface area contributed by atoms with Crippen molar-refractivity contribution in [3.8, 4) is 0 Å². The maximum Gasteiger partial charge on any atom is 0.323 e. The molecule has 108 valence electrons. The van der Waals surface area contributed by atoms with Crippen LogP contribution in [0.2, 0.25) is 0 Å². The van der Waals surface area contributed by atoms with Gasteiger partial charge in [0.05, 0.1) is 17.1 Å². The highest BCUT2D eigenvalue weighted by atomic mass is 79.9. The van der Waals surface area contributed by atoms with Crippen LogP contribution < -0.4 is 11.4 Å². The van der Waals surface area contributed by atoms with E-state index < -0.39 is 6.04 Å². The number of aromatic nitrogens is 2.